The van der Waals surface area contributed by atoms with Crippen LogP contribution in [0.5, 0.6) is 0 Å². The van der Waals surface area contributed by atoms with Crippen molar-refractivity contribution in [1.82, 2.24) is 19.5 Å². The van der Waals surface area contributed by atoms with Crippen LogP contribution >= 0.6 is 11.6 Å². The number of nitrogens with zero attached hydrogens (tertiary/aromatic N) is 3. The number of aromatic amines is 1. The summed E-state index contributed by atoms with van der Waals surface area (Å²) in [5.41, 5.74) is 1.27. The Morgan fingerprint density at radius 3 is 3.00 bits per heavy atom. The number of hydrogen-bond acceptors (Lipinski definition) is 4. The number of aryl methyl sites for hydroxylation is 1. The van der Waals surface area contributed by atoms with Crippen molar-refractivity contribution < 1.29 is 9.53 Å². The Morgan fingerprint density at radius 2 is 2.32 bits per heavy atom. The average Bonchev–Trinajstić information content (AvgIpc) is 2.88. The lowest BCUT2D eigenvalue weighted by Crippen LogP contribution is -2.26. The molecule has 2 aromatic heterocycles. The molecule has 8 heteroatoms. The van der Waals surface area contributed by atoms with E-state index in [1.54, 1.807) is 6.92 Å². The lowest BCUT2D eigenvalue weighted by Gasteiger charge is -2.11. The summed E-state index contributed by atoms with van der Waals surface area (Å²) < 4.78 is 6.11. The molecule has 3 rings (SSSR count). The molecule has 1 amide bonds. The number of fused-ring (bicyclic) bond motifs is 1. The number of aromatic nitrogens is 3. The van der Waals surface area contributed by atoms with Crippen molar-refractivity contribution in [3.63, 3.8) is 0 Å². The molecule has 2 aromatic rings. The normalized spacial score (nSPS) is 15.3. The van der Waals surface area contributed by atoms with Gasteiger partial charge < -0.3 is 4.74 Å². The molecule has 7 nitrogen and oxygen atoms in total. The molecule has 0 saturated carbocycles. The van der Waals surface area contributed by atoms with Gasteiger partial charge in [0, 0.05) is 6.07 Å². The van der Waals surface area contributed by atoms with Crippen molar-refractivity contribution in [2.75, 3.05) is 13.2 Å². The van der Waals surface area contributed by atoms with Crippen LogP contribution in [0, 0.1) is 6.92 Å². The van der Waals surface area contributed by atoms with E-state index in [1.807, 2.05) is 0 Å². The van der Waals surface area contributed by atoms with Gasteiger partial charge >= 0.3 is 6.09 Å². The van der Waals surface area contributed by atoms with E-state index < -0.39 is 6.09 Å². The molecule has 19 heavy (non-hydrogen) atoms. The molecule has 1 aliphatic heterocycles. The van der Waals surface area contributed by atoms with Gasteiger partial charge in [-0.2, -0.15) is 4.52 Å². The van der Waals surface area contributed by atoms with Crippen LogP contribution in [0.3, 0.4) is 0 Å². The molecule has 0 aliphatic carbocycles. The summed E-state index contributed by atoms with van der Waals surface area (Å²) >= 11 is 6.07. The second kappa shape index (κ2) is 4.27. The Morgan fingerprint density at radius 1 is 1.53 bits per heavy atom. The number of H-pyrrole nitrogens is 1. The predicted molar refractivity (Wildman–Crippen MR) is 67.3 cm³/mol. The number of carbonyl (C=O) groups is 1. The lowest BCUT2D eigenvalue weighted by molar-refractivity contribution is 0.157. The van der Waals surface area contributed by atoms with Crippen LogP contribution in [-0.4, -0.2) is 38.7 Å². The third-order valence-corrected chi connectivity index (χ3v) is 3.43. The van der Waals surface area contributed by atoms with Crippen molar-refractivity contribution >= 4 is 23.3 Å². The van der Waals surface area contributed by atoms with Crippen LogP contribution in [0.25, 0.3) is 5.65 Å². The standard InChI is InChI=1S/C11H11ClN4O3/c1-6-9(12)10-13-7(4-8(17)16(10)14-6)5-15-2-3-19-11(15)18/h4,14H,2-3,5H2,1H3. The molecule has 100 valence electrons. The Labute approximate surface area is 112 Å². The van der Waals surface area contributed by atoms with E-state index in [0.717, 1.165) is 0 Å². The average molecular weight is 283 g/mol. The second-order valence-electron chi connectivity index (χ2n) is 4.33. The molecule has 1 fully saturated rings. The van der Waals surface area contributed by atoms with E-state index in [1.165, 1.54) is 15.5 Å². The molecule has 3 heterocycles. The van der Waals surface area contributed by atoms with Crippen molar-refractivity contribution in [3.05, 3.63) is 32.8 Å². The van der Waals surface area contributed by atoms with Crippen LogP contribution in [-0.2, 0) is 11.3 Å². The monoisotopic (exact) mass is 282 g/mol. The van der Waals surface area contributed by atoms with Crippen molar-refractivity contribution in [2.45, 2.75) is 13.5 Å². The van der Waals surface area contributed by atoms with E-state index in [2.05, 4.69) is 10.1 Å². The fourth-order valence-electron chi connectivity index (χ4n) is 2.02. The molecule has 0 bridgehead atoms. The van der Waals surface area contributed by atoms with Crippen LogP contribution in [0.15, 0.2) is 10.9 Å². The lowest BCUT2D eigenvalue weighted by atomic mass is 10.3. The maximum Gasteiger partial charge on any atom is 0.410 e. The summed E-state index contributed by atoms with van der Waals surface area (Å²) in [6, 6.07) is 1.38. The van der Waals surface area contributed by atoms with E-state index in [0.29, 0.717) is 35.2 Å². The molecular weight excluding hydrogens is 272 g/mol. The summed E-state index contributed by atoms with van der Waals surface area (Å²) in [6.07, 6.45) is -0.390. The topological polar surface area (TPSA) is 79.7 Å². The molecule has 0 spiro atoms. The smallest absolute Gasteiger partial charge is 0.410 e. The van der Waals surface area contributed by atoms with Gasteiger partial charge in [0.2, 0.25) is 0 Å². The number of hydrogen-bond donors (Lipinski definition) is 1. The van der Waals surface area contributed by atoms with Crippen LogP contribution in [0.4, 0.5) is 4.79 Å². The zero-order valence-electron chi connectivity index (χ0n) is 10.1. The summed E-state index contributed by atoms with van der Waals surface area (Å²) in [7, 11) is 0. The molecule has 0 aromatic carbocycles. The quantitative estimate of drug-likeness (QED) is 0.889. The number of ether oxygens (including phenoxy) is 1. The highest BCUT2D eigenvalue weighted by Gasteiger charge is 2.23. The van der Waals surface area contributed by atoms with Crippen molar-refractivity contribution in [1.29, 1.82) is 0 Å². The number of carbonyl (C=O) groups excluding carboxylic acids is 1. The largest absolute Gasteiger partial charge is 0.448 e. The third-order valence-electron chi connectivity index (χ3n) is 2.97. The van der Waals surface area contributed by atoms with Gasteiger partial charge in [-0.15, -0.1) is 0 Å². The summed E-state index contributed by atoms with van der Waals surface area (Å²) in [6.45, 7) is 2.86. The summed E-state index contributed by atoms with van der Waals surface area (Å²) in [4.78, 5) is 29.1. The first-order valence-corrected chi connectivity index (χ1v) is 6.12. The van der Waals surface area contributed by atoms with Gasteiger partial charge in [0.05, 0.1) is 24.5 Å². The SMILES string of the molecule is Cc1[nH]n2c(=O)cc(CN3CCOC3=O)nc2c1Cl. The first-order valence-electron chi connectivity index (χ1n) is 5.75. The van der Waals surface area contributed by atoms with Gasteiger partial charge in [-0.05, 0) is 6.92 Å². The fourth-order valence-corrected chi connectivity index (χ4v) is 2.18. The Bertz CT molecular complexity index is 721. The molecule has 1 saturated heterocycles. The maximum absolute atomic E-state index is 11.9. The number of amides is 1. The van der Waals surface area contributed by atoms with Gasteiger partial charge in [0.25, 0.3) is 5.56 Å². The van der Waals surface area contributed by atoms with Crippen LogP contribution in [0.2, 0.25) is 5.02 Å². The molecule has 0 atom stereocenters. The molecular formula is C11H11ClN4O3. The maximum atomic E-state index is 11.9. The van der Waals surface area contributed by atoms with Crippen LogP contribution < -0.4 is 5.56 Å². The van der Waals surface area contributed by atoms with Gasteiger partial charge in [0.15, 0.2) is 5.65 Å². The first-order chi connectivity index (χ1) is 9.06. The second-order valence-corrected chi connectivity index (χ2v) is 4.71. The minimum absolute atomic E-state index is 0.241. The molecule has 0 radical (unpaired) electrons. The molecule has 1 N–H and O–H groups in total. The van der Waals surface area contributed by atoms with E-state index >= 15 is 0 Å². The number of nitrogens with one attached hydrogen (secondary N) is 1. The van der Waals surface area contributed by atoms with Gasteiger partial charge in [-0.3, -0.25) is 14.8 Å². The molecule has 0 unspecified atom stereocenters. The Kier molecular flexibility index (Phi) is 2.70. The first kappa shape index (κ1) is 12.0. The van der Waals surface area contributed by atoms with E-state index in [4.69, 9.17) is 16.3 Å². The Balaban J connectivity index is 2.03. The number of halogens is 1. The van der Waals surface area contributed by atoms with Gasteiger partial charge in [-0.1, -0.05) is 11.6 Å². The summed E-state index contributed by atoms with van der Waals surface area (Å²) in [5, 5.41) is 3.23. The Hall–Kier alpha value is -2.02. The zero-order valence-corrected chi connectivity index (χ0v) is 10.9. The van der Waals surface area contributed by atoms with Gasteiger partial charge in [0.1, 0.15) is 11.6 Å². The van der Waals surface area contributed by atoms with Crippen LogP contribution in [0.1, 0.15) is 11.4 Å². The van der Waals surface area contributed by atoms with Gasteiger partial charge in [-0.25, -0.2) is 9.78 Å². The summed E-state index contributed by atoms with van der Waals surface area (Å²) in [5.74, 6) is 0. The minimum Gasteiger partial charge on any atom is -0.448 e. The van der Waals surface area contributed by atoms with E-state index in [-0.39, 0.29) is 12.1 Å². The van der Waals surface area contributed by atoms with Crippen molar-refractivity contribution in [2.24, 2.45) is 0 Å². The highest BCUT2D eigenvalue weighted by molar-refractivity contribution is 6.34. The van der Waals surface area contributed by atoms with Crippen molar-refractivity contribution in [3.8, 4) is 0 Å². The predicted octanol–water partition coefficient (Wildman–Crippen LogP) is 0.937. The number of rotatable bonds is 2. The number of cyclic esters (lactones) is 1. The fraction of sp³-hybridized carbons (Fsp3) is 0.364. The third kappa shape index (κ3) is 1.95. The highest BCUT2D eigenvalue weighted by atomic mass is 35.5. The zero-order chi connectivity index (χ0) is 13.6. The van der Waals surface area contributed by atoms with E-state index in [9.17, 15) is 9.59 Å². The minimum atomic E-state index is -0.390. The highest BCUT2D eigenvalue weighted by Crippen LogP contribution is 2.18. The molecule has 1 aliphatic rings.